The molecule has 1 aliphatic rings. The van der Waals surface area contributed by atoms with Crippen molar-refractivity contribution < 1.29 is 14.3 Å². The van der Waals surface area contributed by atoms with Gasteiger partial charge in [0, 0.05) is 12.0 Å². The molecular formula is C17H24N2O3S. The van der Waals surface area contributed by atoms with Crippen LogP contribution in [0.25, 0.3) is 6.08 Å². The van der Waals surface area contributed by atoms with Gasteiger partial charge >= 0.3 is 0 Å². The summed E-state index contributed by atoms with van der Waals surface area (Å²) >= 11 is 1.62. The van der Waals surface area contributed by atoms with E-state index in [-0.39, 0.29) is 17.9 Å². The first-order chi connectivity index (χ1) is 11.0. The lowest BCUT2D eigenvalue weighted by molar-refractivity contribution is -0.125. The summed E-state index contributed by atoms with van der Waals surface area (Å²) < 4.78 is 11.0. The predicted octanol–water partition coefficient (Wildman–Crippen LogP) is 2.86. The third kappa shape index (κ3) is 4.00. The van der Waals surface area contributed by atoms with Crippen LogP contribution in [0.4, 0.5) is 0 Å². The van der Waals surface area contributed by atoms with Crippen LogP contribution in [-0.4, -0.2) is 32.4 Å². The number of hydrogen-bond donors (Lipinski definition) is 2. The number of thioether (sulfide) groups is 1. The van der Waals surface area contributed by atoms with E-state index in [0.29, 0.717) is 6.42 Å². The molecule has 2 N–H and O–H groups in total. The fourth-order valence-corrected chi connectivity index (χ4v) is 3.39. The highest BCUT2D eigenvalue weighted by Gasteiger charge is 2.26. The second-order valence-electron chi connectivity index (χ2n) is 5.69. The van der Waals surface area contributed by atoms with Gasteiger partial charge in [-0.1, -0.05) is 18.6 Å². The number of carbonyl (C=O) groups is 1. The SMILES string of the molecule is COc1cc(SC)c(OC)cc1/C=C(\C)C1NNC(=O)CC1C. The Morgan fingerprint density at radius 1 is 1.30 bits per heavy atom. The molecule has 6 heteroatoms. The first kappa shape index (κ1) is 17.7. The summed E-state index contributed by atoms with van der Waals surface area (Å²) in [4.78, 5) is 12.5. The Bertz CT molecular complexity index is 616. The van der Waals surface area contributed by atoms with Crippen molar-refractivity contribution in [3.8, 4) is 11.5 Å². The van der Waals surface area contributed by atoms with Gasteiger partial charge in [0.25, 0.3) is 0 Å². The zero-order chi connectivity index (χ0) is 17.0. The first-order valence-corrected chi connectivity index (χ1v) is 8.75. The van der Waals surface area contributed by atoms with Gasteiger partial charge in [0.1, 0.15) is 11.5 Å². The van der Waals surface area contributed by atoms with Crippen LogP contribution in [0.15, 0.2) is 22.6 Å². The largest absolute Gasteiger partial charge is 0.496 e. The third-order valence-electron chi connectivity index (χ3n) is 4.05. The molecule has 0 aliphatic carbocycles. The number of methoxy groups -OCH3 is 2. The van der Waals surface area contributed by atoms with Gasteiger partial charge in [-0.25, -0.2) is 5.43 Å². The number of ether oxygens (including phenoxy) is 2. The Morgan fingerprint density at radius 3 is 2.57 bits per heavy atom. The van der Waals surface area contributed by atoms with Crippen LogP contribution in [0.5, 0.6) is 11.5 Å². The molecule has 1 aromatic rings. The van der Waals surface area contributed by atoms with Crippen molar-refractivity contribution in [1.82, 2.24) is 10.9 Å². The van der Waals surface area contributed by atoms with Crippen molar-refractivity contribution in [1.29, 1.82) is 0 Å². The standard InChI is InChI=1S/C17H24N2O3S/c1-10(17-11(2)7-16(20)18-19-17)6-12-8-14(22-4)15(23-5)9-13(12)21-3/h6,8-9,11,17,19H,7H2,1-5H3,(H,18,20)/b10-6+. The van der Waals surface area contributed by atoms with E-state index in [9.17, 15) is 4.79 Å². The normalized spacial score (nSPS) is 21.8. The maximum absolute atomic E-state index is 11.4. The summed E-state index contributed by atoms with van der Waals surface area (Å²) in [6.45, 7) is 4.13. The van der Waals surface area contributed by atoms with Gasteiger partial charge < -0.3 is 9.47 Å². The van der Waals surface area contributed by atoms with E-state index in [2.05, 4.69) is 30.8 Å². The van der Waals surface area contributed by atoms with Gasteiger partial charge in [-0.3, -0.25) is 10.2 Å². The fraction of sp³-hybridized carbons (Fsp3) is 0.471. The van der Waals surface area contributed by atoms with E-state index < -0.39 is 0 Å². The number of nitrogens with one attached hydrogen (secondary N) is 2. The van der Waals surface area contributed by atoms with E-state index in [1.165, 1.54) is 0 Å². The third-order valence-corrected chi connectivity index (χ3v) is 4.81. The van der Waals surface area contributed by atoms with Crippen LogP contribution in [-0.2, 0) is 4.79 Å². The molecule has 2 unspecified atom stereocenters. The van der Waals surface area contributed by atoms with Gasteiger partial charge in [0.2, 0.25) is 5.91 Å². The number of hydrogen-bond acceptors (Lipinski definition) is 5. The summed E-state index contributed by atoms with van der Waals surface area (Å²) in [5, 5.41) is 0. The van der Waals surface area contributed by atoms with Crippen LogP contribution in [0.2, 0.25) is 0 Å². The van der Waals surface area contributed by atoms with Crippen molar-refractivity contribution >= 4 is 23.7 Å². The van der Waals surface area contributed by atoms with Crippen molar-refractivity contribution in [2.24, 2.45) is 5.92 Å². The van der Waals surface area contributed by atoms with Crippen LogP contribution < -0.4 is 20.3 Å². The van der Waals surface area contributed by atoms with E-state index in [0.717, 1.165) is 27.5 Å². The van der Waals surface area contributed by atoms with Crippen LogP contribution in [0.1, 0.15) is 25.8 Å². The van der Waals surface area contributed by atoms with E-state index in [4.69, 9.17) is 9.47 Å². The molecule has 23 heavy (non-hydrogen) atoms. The maximum Gasteiger partial charge on any atom is 0.234 e. The lowest BCUT2D eigenvalue weighted by atomic mass is 9.90. The molecule has 1 heterocycles. The Morgan fingerprint density at radius 2 is 2.00 bits per heavy atom. The molecule has 126 valence electrons. The number of benzene rings is 1. The minimum atomic E-state index is 0.0325. The average Bonchev–Trinajstić information content (AvgIpc) is 2.54. The Hall–Kier alpha value is -1.66. The van der Waals surface area contributed by atoms with Crippen molar-refractivity contribution in [2.45, 2.75) is 31.2 Å². The van der Waals surface area contributed by atoms with Gasteiger partial charge in [-0.05, 0) is 31.2 Å². The fourth-order valence-electron chi connectivity index (χ4n) is 2.83. The minimum absolute atomic E-state index is 0.0325. The Kier molecular flexibility index (Phi) is 5.96. The topological polar surface area (TPSA) is 59.6 Å². The van der Waals surface area contributed by atoms with Crippen molar-refractivity contribution in [3.63, 3.8) is 0 Å². The lowest BCUT2D eigenvalue weighted by Crippen LogP contribution is -2.53. The average molecular weight is 336 g/mol. The molecule has 1 fully saturated rings. The second kappa shape index (κ2) is 7.75. The number of carbonyl (C=O) groups excluding carboxylic acids is 1. The van der Waals surface area contributed by atoms with E-state index in [1.54, 1.807) is 26.0 Å². The van der Waals surface area contributed by atoms with Gasteiger partial charge in [-0.15, -0.1) is 11.8 Å². The summed E-state index contributed by atoms with van der Waals surface area (Å²) in [7, 11) is 3.34. The Balaban J connectivity index is 2.35. The maximum atomic E-state index is 11.4. The molecule has 0 spiro atoms. The van der Waals surface area contributed by atoms with Crippen LogP contribution >= 0.6 is 11.8 Å². The molecule has 1 amide bonds. The molecule has 2 rings (SSSR count). The molecule has 1 aliphatic heterocycles. The first-order valence-electron chi connectivity index (χ1n) is 7.52. The molecule has 0 aromatic heterocycles. The van der Waals surface area contributed by atoms with Crippen LogP contribution in [0.3, 0.4) is 0 Å². The summed E-state index contributed by atoms with van der Waals surface area (Å²) in [5.74, 6) is 1.90. The second-order valence-corrected chi connectivity index (χ2v) is 6.54. The predicted molar refractivity (Wildman–Crippen MR) is 93.8 cm³/mol. The molecule has 0 radical (unpaired) electrons. The van der Waals surface area contributed by atoms with E-state index in [1.807, 2.05) is 18.4 Å². The highest BCUT2D eigenvalue weighted by atomic mass is 32.2. The molecule has 5 nitrogen and oxygen atoms in total. The zero-order valence-electron chi connectivity index (χ0n) is 14.2. The molecule has 1 saturated heterocycles. The summed E-state index contributed by atoms with van der Waals surface area (Å²) in [6, 6.07) is 4.08. The van der Waals surface area contributed by atoms with Crippen LogP contribution in [0, 0.1) is 5.92 Å². The zero-order valence-corrected chi connectivity index (χ0v) is 15.0. The molecular weight excluding hydrogens is 312 g/mol. The van der Waals surface area contributed by atoms with Gasteiger partial charge in [-0.2, -0.15) is 0 Å². The Labute approximate surface area is 141 Å². The molecule has 0 bridgehead atoms. The number of rotatable bonds is 5. The summed E-state index contributed by atoms with van der Waals surface area (Å²) in [5.41, 5.74) is 7.89. The lowest BCUT2D eigenvalue weighted by Gasteiger charge is -2.31. The quantitative estimate of drug-likeness (QED) is 0.810. The molecule has 1 aromatic carbocycles. The van der Waals surface area contributed by atoms with Gasteiger partial charge in [0.05, 0.1) is 25.2 Å². The van der Waals surface area contributed by atoms with Crippen molar-refractivity contribution in [2.75, 3.05) is 20.5 Å². The number of amides is 1. The minimum Gasteiger partial charge on any atom is -0.496 e. The highest BCUT2D eigenvalue weighted by molar-refractivity contribution is 7.98. The molecule has 0 saturated carbocycles. The van der Waals surface area contributed by atoms with E-state index >= 15 is 0 Å². The molecule has 2 atom stereocenters. The summed E-state index contributed by atoms with van der Waals surface area (Å²) in [6.07, 6.45) is 4.61. The van der Waals surface area contributed by atoms with Gasteiger partial charge in [0.15, 0.2) is 0 Å². The number of hydrazine groups is 1. The monoisotopic (exact) mass is 336 g/mol. The smallest absolute Gasteiger partial charge is 0.234 e. The highest BCUT2D eigenvalue weighted by Crippen LogP contribution is 2.36. The van der Waals surface area contributed by atoms with Crippen molar-refractivity contribution in [3.05, 3.63) is 23.3 Å².